The molecule has 0 aliphatic heterocycles. The normalized spacial score (nSPS) is 10.4. The molecule has 0 saturated heterocycles. The van der Waals surface area contributed by atoms with E-state index < -0.39 is 5.97 Å². The molecule has 0 saturated carbocycles. The van der Waals surface area contributed by atoms with Gasteiger partial charge < -0.3 is 20.5 Å². The number of anilines is 2. The molecule has 0 bridgehead atoms. The fourth-order valence-corrected chi connectivity index (χ4v) is 1.47. The van der Waals surface area contributed by atoms with Crippen molar-refractivity contribution in [3.63, 3.8) is 0 Å². The molecule has 18 heavy (non-hydrogen) atoms. The van der Waals surface area contributed by atoms with Crippen LogP contribution in [0, 0.1) is 0 Å². The first-order valence-electron chi connectivity index (χ1n) is 5.62. The van der Waals surface area contributed by atoms with Crippen molar-refractivity contribution in [2.75, 3.05) is 31.8 Å². The highest BCUT2D eigenvalue weighted by molar-refractivity contribution is 5.88. The first-order chi connectivity index (χ1) is 8.62. The quantitative estimate of drug-likeness (QED) is 0.474. The minimum Gasteiger partial charge on any atom is -0.493 e. The maximum Gasteiger partial charge on any atom is 0.330 e. The lowest BCUT2D eigenvalue weighted by Gasteiger charge is -2.12. The molecule has 0 radical (unpaired) electrons. The van der Waals surface area contributed by atoms with E-state index in [1.54, 1.807) is 25.3 Å². The van der Waals surface area contributed by atoms with Gasteiger partial charge in [-0.3, -0.25) is 0 Å². The van der Waals surface area contributed by atoms with Crippen molar-refractivity contribution in [2.24, 2.45) is 0 Å². The molecule has 98 valence electrons. The van der Waals surface area contributed by atoms with Crippen LogP contribution in [0.15, 0.2) is 18.2 Å². The van der Waals surface area contributed by atoms with Crippen molar-refractivity contribution < 1.29 is 14.3 Å². The summed E-state index contributed by atoms with van der Waals surface area (Å²) in [5.74, 6) is 0.241. The molecule has 0 spiro atoms. The fourth-order valence-electron chi connectivity index (χ4n) is 1.47. The number of benzene rings is 1. The Morgan fingerprint density at radius 1 is 1.50 bits per heavy atom. The lowest BCUT2D eigenvalue weighted by Crippen LogP contribution is -2.01. The molecule has 1 aromatic rings. The Bertz CT molecular complexity index is 456. The summed E-state index contributed by atoms with van der Waals surface area (Å²) in [5.41, 5.74) is 7.98. The number of nitrogens with one attached hydrogen (secondary N) is 1. The van der Waals surface area contributed by atoms with Gasteiger partial charge in [0.05, 0.1) is 25.1 Å². The zero-order chi connectivity index (χ0) is 13.5. The molecule has 1 aromatic carbocycles. The lowest BCUT2D eigenvalue weighted by atomic mass is 10.1. The summed E-state index contributed by atoms with van der Waals surface area (Å²) >= 11 is 0. The Labute approximate surface area is 107 Å². The first-order valence-corrected chi connectivity index (χ1v) is 5.62. The van der Waals surface area contributed by atoms with Gasteiger partial charge in [-0.05, 0) is 19.1 Å². The van der Waals surface area contributed by atoms with Crippen LogP contribution in [-0.2, 0) is 9.53 Å². The maximum absolute atomic E-state index is 11.1. The minimum atomic E-state index is -0.422. The molecule has 0 fully saturated rings. The fraction of sp³-hybridized carbons (Fsp3) is 0.308. The lowest BCUT2D eigenvalue weighted by molar-refractivity contribution is -0.134. The minimum absolute atomic E-state index is 0.422. The number of esters is 1. The van der Waals surface area contributed by atoms with Crippen LogP contribution in [0.25, 0.3) is 6.08 Å². The van der Waals surface area contributed by atoms with Crippen molar-refractivity contribution in [3.8, 4) is 5.75 Å². The first kappa shape index (κ1) is 13.9. The van der Waals surface area contributed by atoms with Gasteiger partial charge in [0.25, 0.3) is 0 Å². The molecule has 0 atom stereocenters. The van der Waals surface area contributed by atoms with E-state index in [1.807, 2.05) is 6.92 Å². The van der Waals surface area contributed by atoms with Gasteiger partial charge in [0.2, 0.25) is 0 Å². The third kappa shape index (κ3) is 3.41. The van der Waals surface area contributed by atoms with E-state index in [0.717, 1.165) is 11.3 Å². The average molecular weight is 250 g/mol. The second-order valence-electron chi connectivity index (χ2n) is 3.52. The predicted molar refractivity (Wildman–Crippen MR) is 72.6 cm³/mol. The third-order valence-corrected chi connectivity index (χ3v) is 2.35. The van der Waals surface area contributed by atoms with Crippen LogP contribution in [0.4, 0.5) is 11.4 Å². The van der Waals surface area contributed by atoms with Gasteiger partial charge in [0.15, 0.2) is 0 Å². The van der Waals surface area contributed by atoms with Crippen LogP contribution in [0.5, 0.6) is 5.75 Å². The Hall–Kier alpha value is -2.17. The van der Waals surface area contributed by atoms with E-state index in [4.69, 9.17) is 10.5 Å². The number of carbonyl (C=O) groups is 1. The monoisotopic (exact) mass is 250 g/mol. The van der Waals surface area contributed by atoms with Crippen molar-refractivity contribution in [1.29, 1.82) is 0 Å². The number of nitrogens with two attached hydrogens (primary N) is 1. The highest BCUT2D eigenvalue weighted by Gasteiger charge is 2.06. The van der Waals surface area contributed by atoms with E-state index in [-0.39, 0.29) is 0 Å². The van der Waals surface area contributed by atoms with Crippen LogP contribution in [-0.4, -0.2) is 26.7 Å². The number of hydrogen-bond acceptors (Lipinski definition) is 5. The SMILES string of the molecule is CCOc1cc(NC)c(N)cc1/C=C/C(=O)OC. The number of ether oxygens (including phenoxy) is 2. The molecule has 0 aliphatic carbocycles. The van der Waals surface area contributed by atoms with Crippen molar-refractivity contribution in [2.45, 2.75) is 6.92 Å². The summed E-state index contributed by atoms with van der Waals surface area (Å²) in [6.07, 6.45) is 2.95. The Morgan fingerprint density at radius 3 is 2.78 bits per heavy atom. The van der Waals surface area contributed by atoms with Crippen LogP contribution < -0.4 is 15.8 Å². The highest BCUT2D eigenvalue weighted by Crippen LogP contribution is 2.30. The molecule has 5 heteroatoms. The van der Waals surface area contributed by atoms with Crippen molar-refractivity contribution in [3.05, 3.63) is 23.8 Å². The Morgan fingerprint density at radius 2 is 2.22 bits per heavy atom. The van der Waals surface area contributed by atoms with Gasteiger partial charge in [-0.15, -0.1) is 0 Å². The van der Waals surface area contributed by atoms with Crippen LogP contribution >= 0.6 is 0 Å². The van der Waals surface area contributed by atoms with Crippen LogP contribution in [0.1, 0.15) is 12.5 Å². The number of carbonyl (C=O) groups excluding carboxylic acids is 1. The second kappa shape index (κ2) is 6.54. The zero-order valence-electron chi connectivity index (χ0n) is 10.8. The third-order valence-electron chi connectivity index (χ3n) is 2.35. The second-order valence-corrected chi connectivity index (χ2v) is 3.52. The summed E-state index contributed by atoms with van der Waals surface area (Å²) in [6, 6.07) is 3.55. The predicted octanol–water partition coefficient (Wildman–Crippen LogP) is 1.90. The maximum atomic E-state index is 11.1. The summed E-state index contributed by atoms with van der Waals surface area (Å²) in [5, 5.41) is 2.98. The van der Waals surface area contributed by atoms with Gasteiger partial charge in [-0.1, -0.05) is 0 Å². The van der Waals surface area contributed by atoms with Gasteiger partial charge in [-0.25, -0.2) is 4.79 Å². The molecular weight excluding hydrogens is 232 g/mol. The molecule has 5 nitrogen and oxygen atoms in total. The van der Waals surface area contributed by atoms with E-state index in [1.165, 1.54) is 13.2 Å². The Kier molecular flexibility index (Phi) is 5.05. The molecule has 0 amide bonds. The number of nitrogen functional groups attached to an aromatic ring is 1. The van der Waals surface area contributed by atoms with Crippen LogP contribution in [0.2, 0.25) is 0 Å². The Balaban J connectivity index is 3.12. The highest BCUT2D eigenvalue weighted by atomic mass is 16.5. The number of hydrogen-bond donors (Lipinski definition) is 2. The van der Waals surface area contributed by atoms with E-state index in [2.05, 4.69) is 10.1 Å². The van der Waals surface area contributed by atoms with E-state index in [9.17, 15) is 4.79 Å². The van der Waals surface area contributed by atoms with E-state index >= 15 is 0 Å². The standard InChI is InChI=1S/C13H18N2O3/c1-4-18-12-8-11(15-2)10(14)7-9(12)5-6-13(16)17-3/h5-8,15H,4,14H2,1-3H3/b6-5+. The smallest absolute Gasteiger partial charge is 0.330 e. The van der Waals surface area contributed by atoms with Crippen molar-refractivity contribution in [1.82, 2.24) is 0 Å². The molecule has 0 unspecified atom stereocenters. The molecule has 1 rings (SSSR count). The van der Waals surface area contributed by atoms with Crippen LogP contribution in [0.3, 0.4) is 0 Å². The van der Waals surface area contributed by atoms with E-state index in [0.29, 0.717) is 18.0 Å². The van der Waals surface area contributed by atoms with Crippen molar-refractivity contribution >= 4 is 23.4 Å². The summed E-state index contributed by atoms with van der Waals surface area (Å²) in [6.45, 7) is 2.43. The summed E-state index contributed by atoms with van der Waals surface area (Å²) in [4.78, 5) is 11.1. The van der Waals surface area contributed by atoms with Gasteiger partial charge in [-0.2, -0.15) is 0 Å². The molecular formula is C13H18N2O3. The summed E-state index contributed by atoms with van der Waals surface area (Å²) < 4.78 is 10.0. The number of methoxy groups -OCH3 is 1. The number of rotatable bonds is 5. The largest absolute Gasteiger partial charge is 0.493 e. The molecule has 0 aromatic heterocycles. The zero-order valence-corrected chi connectivity index (χ0v) is 10.8. The van der Waals surface area contributed by atoms with Gasteiger partial charge >= 0.3 is 5.97 Å². The summed E-state index contributed by atoms with van der Waals surface area (Å²) in [7, 11) is 3.11. The molecule has 3 N–H and O–H groups in total. The molecule has 0 aliphatic rings. The average Bonchev–Trinajstić information content (AvgIpc) is 2.38. The van der Waals surface area contributed by atoms with Gasteiger partial charge in [0, 0.05) is 24.8 Å². The van der Waals surface area contributed by atoms with Gasteiger partial charge in [0.1, 0.15) is 5.75 Å². The molecule has 0 heterocycles. The topological polar surface area (TPSA) is 73.6 Å².